The highest BCUT2D eigenvalue weighted by Crippen LogP contribution is 2.31. The molecule has 7 heteroatoms. The van der Waals surface area contributed by atoms with E-state index in [1.807, 2.05) is 23.1 Å². The number of esters is 1. The third kappa shape index (κ3) is 3.94. The van der Waals surface area contributed by atoms with E-state index in [0.29, 0.717) is 17.2 Å². The summed E-state index contributed by atoms with van der Waals surface area (Å²) in [6, 6.07) is 16.2. The summed E-state index contributed by atoms with van der Waals surface area (Å²) >= 11 is 0. The molecule has 29 heavy (non-hydrogen) atoms. The van der Waals surface area contributed by atoms with Gasteiger partial charge in [-0.15, -0.1) is 0 Å². The van der Waals surface area contributed by atoms with E-state index in [-0.39, 0.29) is 11.6 Å². The molecule has 146 valence electrons. The zero-order valence-electron chi connectivity index (χ0n) is 16.0. The van der Waals surface area contributed by atoms with Crippen LogP contribution in [0.4, 0.5) is 17.3 Å². The van der Waals surface area contributed by atoms with Crippen LogP contribution >= 0.6 is 0 Å². The first kappa shape index (κ1) is 18.6. The summed E-state index contributed by atoms with van der Waals surface area (Å²) in [7, 11) is 1.32. The number of nitrogens with one attached hydrogen (secondary N) is 1. The fourth-order valence-electron chi connectivity index (χ4n) is 3.35. The first-order valence-electron chi connectivity index (χ1n) is 9.34. The van der Waals surface area contributed by atoms with Crippen molar-refractivity contribution in [1.29, 1.82) is 0 Å². The van der Waals surface area contributed by atoms with E-state index in [1.54, 1.807) is 36.5 Å². The van der Waals surface area contributed by atoms with E-state index in [0.717, 1.165) is 25.1 Å². The predicted molar refractivity (Wildman–Crippen MR) is 110 cm³/mol. The Bertz CT molecular complexity index is 1050. The number of ether oxygens (including phenoxy) is 1. The standard InChI is InChI=1S/C22H20N4O3/c1-29-21(28)16-8-10-17(11-9-16)24-20(27)18-12-13-23-22(25-18)26-14-4-6-15-5-2-3-7-19(15)26/h2-3,5,7-13H,4,6,14H2,1H3,(H,24,27). The summed E-state index contributed by atoms with van der Waals surface area (Å²) in [5.74, 6) is -0.263. The van der Waals surface area contributed by atoms with E-state index in [9.17, 15) is 9.59 Å². The van der Waals surface area contributed by atoms with Crippen molar-refractivity contribution in [3.63, 3.8) is 0 Å². The van der Waals surface area contributed by atoms with E-state index in [2.05, 4.69) is 26.1 Å². The van der Waals surface area contributed by atoms with Crippen LogP contribution < -0.4 is 10.2 Å². The van der Waals surface area contributed by atoms with E-state index in [4.69, 9.17) is 0 Å². The van der Waals surface area contributed by atoms with Gasteiger partial charge in [0.15, 0.2) is 0 Å². The molecule has 1 aliphatic rings. The molecule has 2 heterocycles. The van der Waals surface area contributed by atoms with Gasteiger partial charge in [-0.1, -0.05) is 18.2 Å². The molecule has 0 atom stereocenters. The molecule has 3 aromatic rings. The minimum Gasteiger partial charge on any atom is -0.465 e. The van der Waals surface area contributed by atoms with Crippen LogP contribution in [0.3, 0.4) is 0 Å². The largest absolute Gasteiger partial charge is 0.465 e. The lowest BCUT2D eigenvalue weighted by Crippen LogP contribution is -2.27. The van der Waals surface area contributed by atoms with Crippen molar-refractivity contribution < 1.29 is 14.3 Å². The smallest absolute Gasteiger partial charge is 0.337 e. The van der Waals surface area contributed by atoms with Crippen LogP contribution in [0, 0.1) is 0 Å². The third-order valence-electron chi connectivity index (χ3n) is 4.79. The molecule has 2 aromatic carbocycles. The highest BCUT2D eigenvalue weighted by Gasteiger charge is 2.21. The Kier molecular flexibility index (Phi) is 5.20. The molecule has 0 fully saturated rings. The lowest BCUT2D eigenvalue weighted by Gasteiger charge is -2.29. The van der Waals surface area contributed by atoms with Gasteiger partial charge in [0, 0.05) is 24.1 Å². The molecule has 1 N–H and O–H groups in total. The van der Waals surface area contributed by atoms with Crippen molar-refractivity contribution in [2.24, 2.45) is 0 Å². The summed E-state index contributed by atoms with van der Waals surface area (Å²) in [5.41, 5.74) is 3.58. The van der Waals surface area contributed by atoms with Crippen LogP contribution in [0.15, 0.2) is 60.8 Å². The second kappa shape index (κ2) is 8.10. The summed E-state index contributed by atoms with van der Waals surface area (Å²) in [4.78, 5) is 35.1. The predicted octanol–water partition coefficient (Wildman–Crippen LogP) is 3.60. The maximum absolute atomic E-state index is 12.7. The molecule has 0 saturated carbocycles. The number of amides is 1. The van der Waals surface area contributed by atoms with Crippen LogP contribution in [0.25, 0.3) is 0 Å². The molecular weight excluding hydrogens is 368 g/mol. The number of aryl methyl sites for hydroxylation is 1. The Morgan fingerprint density at radius 2 is 1.86 bits per heavy atom. The molecule has 0 spiro atoms. The lowest BCUT2D eigenvalue weighted by atomic mass is 10.0. The molecule has 0 radical (unpaired) electrons. The second-order valence-electron chi connectivity index (χ2n) is 6.65. The molecule has 0 unspecified atom stereocenters. The number of nitrogens with zero attached hydrogens (tertiary/aromatic N) is 3. The molecule has 1 aromatic heterocycles. The molecule has 4 rings (SSSR count). The fraction of sp³-hybridized carbons (Fsp3) is 0.182. The minimum atomic E-state index is -0.426. The number of hydrogen-bond donors (Lipinski definition) is 1. The molecule has 1 aliphatic heterocycles. The number of aromatic nitrogens is 2. The van der Waals surface area contributed by atoms with Crippen LogP contribution in [0.5, 0.6) is 0 Å². The monoisotopic (exact) mass is 388 g/mol. The minimum absolute atomic E-state index is 0.273. The Hall–Kier alpha value is -3.74. The number of rotatable bonds is 4. The molecule has 0 saturated heterocycles. The van der Waals surface area contributed by atoms with Gasteiger partial charge in [-0.25, -0.2) is 14.8 Å². The van der Waals surface area contributed by atoms with Crippen molar-refractivity contribution in [3.8, 4) is 0 Å². The maximum Gasteiger partial charge on any atom is 0.337 e. The second-order valence-corrected chi connectivity index (χ2v) is 6.65. The van der Waals surface area contributed by atoms with Gasteiger partial charge in [-0.3, -0.25) is 4.79 Å². The highest BCUT2D eigenvalue weighted by atomic mass is 16.5. The first-order chi connectivity index (χ1) is 14.2. The third-order valence-corrected chi connectivity index (χ3v) is 4.79. The normalized spacial score (nSPS) is 12.8. The van der Waals surface area contributed by atoms with Gasteiger partial charge in [0.05, 0.1) is 12.7 Å². The summed E-state index contributed by atoms with van der Waals surface area (Å²) < 4.78 is 4.67. The molecule has 1 amide bonds. The molecular formula is C22H20N4O3. The molecule has 7 nitrogen and oxygen atoms in total. The van der Waals surface area contributed by atoms with Gasteiger partial charge in [0.1, 0.15) is 5.69 Å². The van der Waals surface area contributed by atoms with Crippen molar-refractivity contribution in [3.05, 3.63) is 77.6 Å². The van der Waals surface area contributed by atoms with Crippen LogP contribution in [-0.2, 0) is 11.2 Å². The average Bonchev–Trinajstić information content (AvgIpc) is 2.78. The molecule has 0 bridgehead atoms. The van der Waals surface area contributed by atoms with E-state index < -0.39 is 5.97 Å². The summed E-state index contributed by atoms with van der Waals surface area (Å²) in [5, 5.41) is 2.79. The van der Waals surface area contributed by atoms with Crippen molar-refractivity contribution >= 4 is 29.2 Å². The average molecular weight is 388 g/mol. The highest BCUT2D eigenvalue weighted by molar-refractivity contribution is 6.03. The van der Waals surface area contributed by atoms with Gasteiger partial charge in [0.2, 0.25) is 5.95 Å². The van der Waals surface area contributed by atoms with Crippen LogP contribution in [0.2, 0.25) is 0 Å². The number of para-hydroxylation sites is 1. The Morgan fingerprint density at radius 3 is 2.66 bits per heavy atom. The van der Waals surface area contributed by atoms with Gasteiger partial charge in [-0.2, -0.15) is 0 Å². The topological polar surface area (TPSA) is 84.4 Å². The fourth-order valence-corrected chi connectivity index (χ4v) is 3.35. The number of fused-ring (bicyclic) bond motifs is 1. The zero-order valence-corrected chi connectivity index (χ0v) is 16.0. The SMILES string of the molecule is COC(=O)c1ccc(NC(=O)c2ccnc(N3CCCc4ccccc43)n2)cc1. The summed E-state index contributed by atoms with van der Waals surface area (Å²) in [6.45, 7) is 0.803. The Labute approximate surface area is 168 Å². The molecule has 0 aliphatic carbocycles. The Morgan fingerprint density at radius 1 is 1.07 bits per heavy atom. The number of anilines is 3. The maximum atomic E-state index is 12.7. The van der Waals surface area contributed by atoms with E-state index >= 15 is 0 Å². The Balaban J connectivity index is 1.53. The quantitative estimate of drug-likeness (QED) is 0.688. The van der Waals surface area contributed by atoms with Gasteiger partial charge in [0.25, 0.3) is 5.91 Å². The first-order valence-corrected chi connectivity index (χ1v) is 9.34. The van der Waals surface area contributed by atoms with Gasteiger partial charge >= 0.3 is 5.97 Å². The van der Waals surface area contributed by atoms with E-state index in [1.165, 1.54) is 12.7 Å². The van der Waals surface area contributed by atoms with Crippen molar-refractivity contribution in [2.45, 2.75) is 12.8 Å². The number of benzene rings is 2. The van der Waals surface area contributed by atoms with Gasteiger partial charge < -0.3 is 15.0 Å². The number of methoxy groups -OCH3 is 1. The lowest BCUT2D eigenvalue weighted by molar-refractivity contribution is 0.0600. The van der Waals surface area contributed by atoms with Crippen LogP contribution in [0.1, 0.15) is 32.8 Å². The number of carbonyl (C=O) groups excluding carboxylic acids is 2. The number of carbonyl (C=O) groups is 2. The van der Waals surface area contributed by atoms with Gasteiger partial charge in [-0.05, 0) is 54.8 Å². The number of hydrogen-bond acceptors (Lipinski definition) is 6. The summed E-state index contributed by atoms with van der Waals surface area (Å²) in [6.07, 6.45) is 3.62. The zero-order chi connectivity index (χ0) is 20.2. The van der Waals surface area contributed by atoms with Crippen molar-refractivity contribution in [2.75, 3.05) is 23.9 Å². The van der Waals surface area contributed by atoms with Crippen LogP contribution in [-0.4, -0.2) is 35.5 Å². The van der Waals surface area contributed by atoms with Crippen molar-refractivity contribution in [1.82, 2.24) is 9.97 Å².